The Balaban J connectivity index is 1.74. The summed E-state index contributed by atoms with van der Waals surface area (Å²) in [6, 6.07) is 14.4. The molecule has 0 aromatic heterocycles. The fraction of sp³-hybridized carbons (Fsp3) is 0.300. The molecule has 0 aliphatic carbocycles. The van der Waals surface area contributed by atoms with Crippen molar-refractivity contribution in [2.24, 2.45) is 0 Å². The van der Waals surface area contributed by atoms with Crippen molar-refractivity contribution in [1.29, 1.82) is 0 Å². The van der Waals surface area contributed by atoms with Gasteiger partial charge in [0.2, 0.25) is 5.91 Å². The molecule has 0 saturated heterocycles. The second kappa shape index (κ2) is 7.30. The van der Waals surface area contributed by atoms with E-state index in [4.69, 9.17) is 0 Å². The second-order valence-electron chi connectivity index (χ2n) is 5.96. The van der Waals surface area contributed by atoms with Crippen molar-refractivity contribution >= 4 is 22.6 Å². The number of carbonyl (C=O) groups excluding carboxylic acids is 2. The van der Waals surface area contributed by atoms with E-state index >= 15 is 0 Å². The van der Waals surface area contributed by atoms with Crippen molar-refractivity contribution in [1.82, 2.24) is 4.90 Å². The van der Waals surface area contributed by atoms with Crippen LogP contribution in [-0.4, -0.2) is 30.4 Å². The van der Waals surface area contributed by atoms with E-state index in [1.807, 2.05) is 29.2 Å². The standard InChI is InChI=1S/C20H21NO3/c1-24-19(22)12-11-16-9-5-13-21(20(16)23)14-17-8-4-7-15-6-2-3-10-18(15)17/h2-4,6-10H,5,11-14H2,1H3. The van der Waals surface area contributed by atoms with Crippen LogP contribution in [0.15, 0.2) is 54.1 Å². The van der Waals surface area contributed by atoms with Crippen molar-refractivity contribution in [3.05, 3.63) is 59.7 Å². The van der Waals surface area contributed by atoms with Crippen LogP contribution in [0.4, 0.5) is 0 Å². The van der Waals surface area contributed by atoms with Gasteiger partial charge in [-0.15, -0.1) is 0 Å². The molecule has 0 bridgehead atoms. The molecule has 4 heteroatoms. The zero-order chi connectivity index (χ0) is 16.9. The minimum Gasteiger partial charge on any atom is -0.469 e. The van der Waals surface area contributed by atoms with E-state index in [0.29, 0.717) is 25.1 Å². The largest absolute Gasteiger partial charge is 0.469 e. The van der Waals surface area contributed by atoms with Gasteiger partial charge in [0, 0.05) is 25.1 Å². The minimum atomic E-state index is -0.283. The third-order valence-electron chi connectivity index (χ3n) is 4.42. The van der Waals surface area contributed by atoms with Gasteiger partial charge >= 0.3 is 5.97 Å². The molecule has 0 atom stereocenters. The van der Waals surface area contributed by atoms with Gasteiger partial charge in [-0.25, -0.2) is 0 Å². The number of esters is 1. The molecule has 3 rings (SSSR count). The summed E-state index contributed by atoms with van der Waals surface area (Å²) >= 11 is 0. The van der Waals surface area contributed by atoms with Gasteiger partial charge in [-0.2, -0.15) is 0 Å². The lowest BCUT2D eigenvalue weighted by atomic mass is 10.0. The summed E-state index contributed by atoms with van der Waals surface area (Å²) in [6.45, 7) is 1.31. The van der Waals surface area contributed by atoms with Crippen LogP contribution < -0.4 is 0 Å². The SMILES string of the molecule is COC(=O)CCC1=CCCN(Cc2cccc3ccccc23)C1=O. The molecule has 1 amide bonds. The van der Waals surface area contributed by atoms with Crippen LogP contribution >= 0.6 is 0 Å². The molecule has 2 aromatic rings. The lowest BCUT2D eigenvalue weighted by Gasteiger charge is -2.27. The van der Waals surface area contributed by atoms with E-state index in [0.717, 1.165) is 12.0 Å². The Morgan fingerprint density at radius 1 is 1.17 bits per heavy atom. The number of benzene rings is 2. The molecule has 0 unspecified atom stereocenters. The summed E-state index contributed by atoms with van der Waals surface area (Å²) in [4.78, 5) is 25.8. The maximum absolute atomic E-state index is 12.7. The molecule has 2 aromatic carbocycles. The summed E-state index contributed by atoms with van der Waals surface area (Å²) < 4.78 is 4.66. The predicted molar refractivity (Wildman–Crippen MR) is 93.3 cm³/mol. The van der Waals surface area contributed by atoms with Gasteiger partial charge in [0.15, 0.2) is 0 Å². The molecular weight excluding hydrogens is 302 g/mol. The Kier molecular flexibility index (Phi) is 4.94. The van der Waals surface area contributed by atoms with Gasteiger partial charge in [0.05, 0.1) is 7.11 Å². The van der Waals surface area contributed by atoms with E-state index in [1.54, 1.807) is 0 Å². The zero-order valence-corrected chi connectivity index (χ0v) is 13.8. The Labute approximate surface area is 141 Å². The molecule has 0 radical (unpaired) electrons. The van der Waals surface area contributed by atoms with Gasteiger partial charge < -0.3 is 9.64 Å². The topological polar surface area (TPSA) is 46.6 Å². The molecule has 0 N–H and O–H groups in total. The van der Waals surface area contributed by atoms with Crippen molar-refractivity contribution < 1.29 is 14.3 Å². The van der Waals surface area contributed by atoms with E-state index in [9.17, 15) is 9.59 Å². The van der Waals surface area contributed by atoms with Gasteiger partial charge in [0.25, 0.3) is 0 Å². The highest BCUT2D eigenvalue weighted by atomic mass is 16.5. The number of carbonyl (C=O) groups is 2. The summed E-state index contributed by atoms with van der Waals surface area (Å²) in [5, 5.41) is 2.36. The van der Waals surface area contributed by atoms with E-state index in [2.05, 4.69) is 29.0 Å². The number of hydrogen-bond acceptors (Lipinski definition) is 3. The third-order valence-corrected chi connectivity index (χ3v) is 4.42. The number of methoxy groups -OCH3 is 1. The van der Waals surface area contributed by atoms with Crippen LogP contribution in [0, 0.1) is 0 Å². The number of hydrogen-bond donors (Lipinski definition) is 0. The molecule has 124 valence electrons. The maximum atomic E-state index is 12.7. The molecule has 0 spiro atoms. The number of amides is 1. The molecule has 0 fully saturated rings. The molecule has 4 nitrogen and oxygen atoms in total. The highest BCUT2D eigenvalue weighted by molar-refractivity contribution is 5.95. The Hall–Kier alpha value is -2.62. The predicted octanol–water partition coefficient (Wildman–Crippen LogP) is 3.45. The summed E-state index contributed by atoms with van der Waals surface area (Å²) in [7, 11) is 1.37. The van der Waals surface area contributed by atoms with Gasteiger partial charge in [-0.3, -0.25) is 9.59 Å². The van der Waals surface area contributed by atoms with Gasteiger partial charge in [-0.05, 0) is 29.2 Å². The van der Waals surface area contributed by atoms with Crippen molar-refractivity contribution in [3.63, 3.8) is 0 Å². The molecule has 1 heterocycles. The van der Waals surface area contributed by atoms with E-state index in [-0.39, 0.29) is 18.3 Å². The Morgan fingerprint density at radius 3 is 2.79 bits per heavy atom. The van der Waals surface area contributed by atoms with Crippen LogP contribution in [0.25, 0.3) is 10.8 Å². The first-order chi connectivity index (χ1) is 11.7. The molecule has 0 saturated carbocycles. The first kappa shape index (κ1) is 16.2. The highest BCUT2D eigenvalue weighted by Gasteiger charge is 2.22. The number of nitrogens with zero attached hydrogens (tertiary/aromatic N) is 1. The van der Waals surface area contributed by atoms with Crippen LogP contribution in [0.2, 0.25) is 0 Å². The van der Waals surface area contributed by atoms with Crippen molar-refractivity contribution in [2.75, 3.05) is 13.7 Å². The van der Waals surface area contributed by atoms with Crippen molar-refractivity contribution in [2.45, 2.75) is 25.8 Å². The number of rotatable bonds is 5. The molecule has 1 aliphatic rings. The third kappa shape index (κ3) is 3.48. The number of ether oxygens (including phenoxy) is 1. The maximum Gasteiger partial charge on any atom is 0.305 e. The quantitative estimate of drug-likeness (QED) is 0.792. The summed E-state index contributed by atoms with van der Waals surface area (Å²) in [5.41, 5.74) is 1.86. The lowest BCUT2D eigenvalue weighted by Crippen LogP contribution is -2.35. The van der Waals surface area contributed by atoms with Gasteiger partial charge in [0.1, 0.15) is 0 Å². The highest BCUT2D eigenvalue weighted by Crippen LogP contribution is 2.23. The fourth-order valence-corrected chi connectivity index (χ4v) is 3.12. The average Bonchev–Trinajstić information content (AvgIpc) is 2.62. The van der Waals surface area contributed by atoms with Crippen molar-refractivity contribution in [3.8, 4) is 0 Å². The van der Waals surface area contributed by atoms with Crippen LogP contribution in [-0.2, 0) is 20.9 Å². The normalized spacial score (nSPS) is 14.6. The Morgan fingerprint density at radius 2 is 1.96 bits per heavy atom. The minimum absolute atomic E-state index is 0.0260. The first-order valence-corrected chi connectivity index (χ1v) is 8.21. The molecule has 24 heavy (non-hydrogen) atoms. The summed E-state index contributed by atoms with van der Waals surface area (Å²) in [6.07, 6.45) is 3.46. The molecule has 1 aliphatic heterocycles. The summed E-state index contributed by atoms with van der Waals surface area (Å²) in [5.74, 6) is -0.257. The van der Waals surface area contributed by atoms with Crippen LogP contribution in [0.3, 0.4) is 0 Å². The smallest absolute Gasteiger partial charge is 0.305 e. The van der Waals surface area contributed by atoms with Crippen LogP contribution in [0.5, 0.6) is 0 Å². The second-order valence-corrected chi connectivity index (χ2v) is 5.96. The fourth-order valence-electron chi connectivity index (χ4n) is 3.12. The lowest BCUT2D eigenvalue weighted by molar-refractivity contribution is -0.140. The van der Waals surface area contributed by atoms with Gasteiger partial charge in [-0.1, -0.05) is 48.5 Å². The monoisotopic (exact) mass is 323 g/mol. The number of fused-ring (bicyclic) bond motifs is 1. The first-order valence-electron chi connectivity index (χ1n) is 8.21. The van der Waals surface area contributed by atoms with E-state index < -0.39 is 0 Å². The van der Waals surface area contributed by atoms with E-state index in [1.165, 1.54) is 17.9 Å². The molecular formula is C20H21NO3. The Bertz CT molecular complexity index is 789. The average molecular weight is 323 g/mol. The van der Waals surface area contributed by atoms with Crippen LogP contribution in [0.1, 0.15) is 24.8 Å². The zero-order valence-electron chi connectivity index (χ0n) is 13.8.